The molecule has 0 atom stereocenters. The highest BCUT2D eigenvalue weighted by Crippen LogP contribution is 2.22. The standard InChI is InChI=1S/C14H8BrCl2NO3/c15-9-1-7(2-10(16)5-9)13(19)18-12-4-8(14(20)21)3-11(17)6-12/h1-6H,(H,18,19)(H,20,21). The number of halogens is 3. The largest absolute Gasteiger partial charge is 0.478 e. The van der Waals surface area contributed by atoms with E-state index in [0.29, 0.717) is 20.7 Å². The van der Waals surface area contributed by atoms with E-state index in [1.807, 2.05) is 0 Å². The number of hydrogen-bond acceptors (Lipinski definition) is 2. The lowest BCUT2D eigenvalue weighted by molar-refractivity contribution is 0.0696. The molecule has 0 heterocycles. The van der Waals surface area contributed by atoms with Crippen molar-refractivity contribution in [3.63, 3.8) is 0 Å². The van der Waals surface area contributed by atoms with E-state index < -0.39 is 11.9 Å². The van der Waals surface area contributed by atoms with Crippen LogP contribution in [0.1, 0.15) is 20.7 Å². The van der Waals surface area contributed by atoms with Gasteiger partial charge in [0.15, 0.2) is 0 Å². The van der Waals surface area contributed by atoms with E-state index in [1.165, 1.54) is 24.3 Å². The van der Waals surface area contributed by atoms with Gasteiger partial charge in [-0.2, -0.15) is 0 Å². The molecule has 0 aliphatic carbocycles. The van der Waals surface area contributed by atoms with E-state index in [0.717, 1.165) is 0 Å². The summed E-state index contributed by atoms with van der Waals surface area (Å²) in [5, 5.41) is 12.2. The van der Waals surface area contributed by atoms with Gasteiger partial charge in [0.05, 0.1) is 5.56 Å². The number of rotatable bonds is 3. The van der Waals surface area contributed by atoms with Crippen LogP contribution in [0.25, 0.3) is 0 Å². The summed E-state index contributed by atoms with van der Waals surface area (Å²) < 4.78 is 0.664. The maximum Gasteiger partial charge on any atom is 0.335 e. The number of aromatic carboxylic acids is 1. The number of carboxylic acid groups (broad SMARTS) is 1. The van der Waals surface area contributed by atoms with Gasteiger partial charge in [-0.15, -0.1) is 0 Å². The Hall–Kier alpha value is -1.56. The predicted molar refractivity (Wildman–Crippen MR) is 85.5 cm³/mol. The molecule has 0 saturated carbocycles. The summed E-state index contributed by atoms with van der Waals surface area (Å²) in [6.07, 6.45) is 0. The third kappa shape index (κ3) is 4.20. The number of hydrogen-bond donors (Lipinski definition) is 2. The average Bonchev–Trinajstić information content (AvgIpc) is 2.36. The molecule has 0 saturated heterocycles. The number of carbonyl (C=O) groups excluding carboxylic acids is 1. The molecule has 108 valence electrons. The Kier molecular flexibility index (Phi) is 4.88. The van der Waals surface area contributed by atoms with Crippen LogP contribution < -0.4 is 5.32 Å². The molecule has 0 aliphatic heterocycles. The van der Waals surface area contributed by atoms with Gasteiger partial charge < -0.3 is 10.4 Å². The van der Waals surface area contributed by atoms with Crippen molar-refractivity contribution in [2.45, 2.75) is 0 Å². The molecule has 7 heteroatoms. The number of amides is 1. The summed E-state index contributed by atoms with van der Waals surface area (Å²) >= 11 is 15.0. The Morgan fingerprint density at radius 2 is 1.57 bits per heavy atom. The molecule has 0 radical (unpaired) electrons. The highest BCUT2D eigenvalue weighted by Gasteiger charge is 2.11. The quantitative estimate of drug-likeness (QED) is 0.800. The minimum atomic E-state index is -1.13. The molecule has 21 heavy (non-hydrogen) atoms. The summed E-state index contributed by atoms with van der Waals surface area (Å²) in [4.78, 5) is 23.1. The Labute approximate surface area is 138 Å². The van der Waals surface area contributed by atoms with Crippen molar-refractivity contribution in [1.29, 1.82) is 0 Å². The zero-order chi connectivity index (χ0) is 15.6. The van der Waals surface area contributed by atoms with Crippen molar-refractivity contribution in [1.82, 2.24) is 0 Å². The minimum Gasteiger partial charge on any atom is -0.478 e. The molecule has 0 spiro atoms. The number of benzene rings is 2. The first kappa shape index (κ1) is 15.8. The van der Waals surface area contributed by atoms with Crippen LogP contribution in [-0.4, -0.2) is 17.0 Å². The molecule has 0 fully saturated rings. The van der Waals surface area contributed by atoms with Crippen LogP contribution >= 0.6 is 39.1 Å². The molecule has 2 aromatic carbocycles. The van der Waals surface area contributed by atoms with Crippen LogP contribution in [0.3, 0.4) is 0 Å². The van der Waals surface area contributed by atoms with Crippen molar-refractivity contribution in [3.05, 3.63) is 62.0 Å². The summed E-state index contributed by atoms with van der Waals surface area (Å²) in [6.45, 7) is 0. The van der Waals surface area contributed by atoms with Crippen LogP contribution in [0.4, 0.5) is 5.69 Å². The maximum absolute atomic E-state index is 12.1. The first-order valence-electron chi connectivity index (χ1n) is 5.66. The van der Waals surface area contributed by atoms with Gasteiger partial charge in [0.25, 0.3) is 5.91 Å². The summed E-state index contributed by atoms with van der Waals surface area (Å²) in [6, 6.07) is 8.85. The van der Waals surface area contributed by atoms with Gasteiger partial charge >= 0.3 is 5.97 Å². The third-order valence-corrected chi connectivity index (χ3v) is 3.42. The fraction of sp³-hybridized carbons (Fsp3) is 0. The minimum absolute atomic E-state index is 0.00919. The fourth-order valence-corrected chi connectivity index (χ4v) is 2.77. The van der Waals surface area contributed by atoms with Crippen LogP contribution in [0.2, 0.25) is 10.0 Å². The Balaban J connectivity index is 2.29. The molecule has 0 aliphatic rings. The van der Waals surface area contributed by atoms with Crippen LogP contribution in [0.5, 0.6) is 0 Å². The molecule has 0 aromatic heterocycles. The van der Waals surface area contributed by atoms with Crippen molar-refractivity contribution in [3.8, 4) is 0 Å². The van der Waals surface area contributed by atoms with E-state index in [4.69, 9.17) is 28.3 Å². The molecule has 0 bridgehead atoms. The van der Waals surface area contributed by atoms with Gasteiger partial charge in [0.2, 0.25) is 0 Å². The van der Waals surface area contributed by atoms with E-state index in [2.05, 4.69) is 21.2 Å². The van der Waals surface area contributed by atoms with E-state index in [9.17, 15) is 9.59 Å². The normalized spacial score (nSPS) is 10.2. The second-order valence-electron chi connectivity index (χ2n) is 4.15. The van der Waals surface area contributed by atoms with Gasteiger partial charge in [-0.25, -0.2) is 4.79 Å². The SMILES string of the molecule is O=C(O)c1cc(Cl)cc(NC(=O)c2cc(Cl)cc(Br)c2)c1. The Bertz CT molecular complexity index is 714. The van der Waals surface area contributed by atoms with Crippen molar-refractivity contribution in [2.24, 2.45) is 0 Å². The molecule has 0 unspecified atom stereocenters. The van der Waals surface area contributed by atoms with Gasteiger partial charge in [-0.05, 0) is 36.4 Å². The van der Waals surface area contributed by atoms with Gasteiger partial charge in [-0.3, -0.25) is 4.79 Å². The number of carbonyl (C=O) groups is 2. The lowest BCUT2D eigenvalue weighted by Gasteiger charge is -2.08. The lowest BCUT2D eigenvalue weighted by Crippen LogP contribution is -2.12. The Morgan fingerprint density at radius 3 is 2.19 bits per heavy atom. The van der Waals surface area contributed by atoms with Crippen LogP contribution in [0, 0.1) is 0 Å². The zero-order valence-electron chi connectivity index (χ0n) is 10.4. The molecule has 2 aromatic rings. The lowest BCUT2D eigenvalue weighted by atomic mass is 10.1. The fourth-order valence-electron chi connectivity index (χ4n) is 1.67. The summed E-state index contributed by atoms with van der Waals surface area (Å²) in [5.41, 5.74) is 0.622. The molecule has 2 rings (SSSR count). The van der Waals surface area contributed by atoms with Crippen LogP contribution in [0.15, 0.2) is 40.9 Å². The molecular formula is C14H8BrCl2NO3. The summed E-state index contributed by atoms with van der Waals surface area (Å²) in [5.74, 6) is -1.55. The van der Waals surface area contributed by atoms with E-state index >= 15 is 0 Å². The predicted octanol–water partition coefficient (Wildman–Crippen LogP) is 4.71. The first-order valence-corrected chi connectivity index (χ1v) is 7.21. The monoisotopic (exact) mass is 387 g/mol. The molecular weight excluding hydrogens is 381 g/mol. The highest BCUT2D eigenvalue weighted by molar-refractivity contribution is 9.10. The van der Waals surface area contributed by atoms with Crippen molar-refractivity contribution >= 4 is 56.7 Å². The second-order valence-corrected chi connectivity index (χ2v) is 5.93. The third-order valence-electron chi connectivity index (χ3n) is 2.53. The number of nitrogens with one attached hydrogen (secondary N) is 1. The molecule has 2 N–H and O–H groups in total. The van der Waals surface area contributed by atoms with Crippen LogP contribution in [-0.2, 0) is 0 Å². The number of anilines is 1. The molecule has 4 nitrogen and oxygen atoms in total. The first-order chi connectivity index (χ1) is 9.85. The number of carboxylic acids is 1. The average molecular weight is 389 g/mol. The summed E-state index contributed by atoms with van der Waals surface area (Å²) in [7, 11) is 0. The highest BCUT2D eigenvalue weighted by atomic mass is 79.9. The van der Waals surface area contributed by atoms with Crippen molar-refractivity contribution in [2.75, 3.05) is 5.32 Å². The topological polar surface area (TPSA) is 66.4 Å². The van der Waals surface area contributed by atoms with Crippen molar-refractivity contribution < 1.29 is 14.7 Å². The maximum atomic E-state index is 12.1. The van der Waals surface area contributed by atoms with Gasteiger partial charge in [-0.1, -0.05) is 39.1 Å². The second kappa shape index (κ2) is 6.47. The van der Waals surface area contributed by atoms with E-state index in [-0.39, 0.29) is 10.6 Å². The Morgan fingerprint density at radius 1 is 0.952 bits per heavy atom. The molecule has 1 amide bonds. The van der Waals surface area contributed by atoms with Gasteiger partial charge in [0, 0.05) is 25.8 Å². The smallest absolute Gasteiger partial charge is 0.335 e. The van der Waals surface area contributed by atoms with E-state index in [1.54, 1.807) is 12.1 Å². The van der Waals surface area contributed by atoms with Gasteiger partial charge in [0.1, 0.15) is 0 Å². The zero-order valence-corrected chi connectivity index (χ0v) is 13.5.